The zero-order valence-corrected chi connectivity index (χ0v) is 11.7. The highest BCUT2D eigenvalue weighted by molar-refractivity contribution is 5.70. The largest absolute Gasteiger partial charge is 0.389 e. The van der Waals surface area contributed by atoms with Crippen molar-refractivity contribution in [2.75, 3.05) is 44.1 Å². The fourth-order valence-electron chi connectivity index (χ4n) is 1.76. The van der Waals surface area contributed by atoms with E-state index in [-0.39, 0.29) is 30.5 Å². The van der Waals surface area contributed by atoms with Crippen molar-refractivity contribution >= 4 is 17.3 Å². The van der Waals surface area contributed by atoms with Crippen LogP contribution in [0, 0.1) is 10.1 Å². The van der Waals surface area contributed by atoms with Crippen LogP contribution in [-0.2, 0) is 4.74 Å². The predicted molar refractivity (Wildman–Crippen MR) is 74.0 cm³/mol. The average Bonchev–Trinajstić information content (AvgIpc) is 2.38. The van der Waals surface area contributed by atoms with E-state index in [0.717, 1.165) is 0 Å². The highest BCUT2D eigenvalue weighted by Crippen LogP contribution is 2.30. The number of rotatable bonds is 8. The predicted octanol–water partition coefficient (Wildman–Crippen LogP) is 0.260. The number of nitro groups is 1. The Hall–Kier alpha value is -2.00. The summed E-state index contributed by atoms with van der Waals surface area (Å²) in [5.41, 5.74) is -0.207. The fourth-order valence-corrected chi connectivity index (χ4v) is 1.76. The third-order valence-corrected chi connectivity index (χ3v) is 2.53. The SMILES string of the molecule is CCNc1ncnc(N(C)CC(O)COC)c1[N+](=O)[O-]. The van der Waals surface area contributed by atoms with Crippen LogP contribution in [0.2, 0.25) is 0 Å². The van der Waals surface area contributed by atoms with Crippen LogP contribution < -0.4 is 10.2 Å². The normalized spacial score (nSPS) is 12.0. The van der Waals surface area contributed by atoms with Crippen LogP contribution in [0.1, 0.15) is 6.92 Å². The minimum atomic E-state index is -0.762. The lowest BCUT2D eigenvalue weighted by Gasteiger charge is -2.21. The molecule has 1 heterocycles. The summed E-state index contributed by atoms with van der Waals surface area (Å²) in [5.74, 6) is 0.312. The van der Waals surface area contributed by atoms with Crippen LogP contribution in [0.4, 0.5) is 17.3 Å². The van der Waals surface area contributed by atoms with Gasteiger partial charge in [-0.1, -0.05) is 0 Å². The van der Waals surface area contributed by atoms with Gasteiger partial charge in [-0.2, -0.15) is 0 Å². The second-order valence-corrected chi connectivity index (χ2v) is 4.17. The average molecular weight is 285 g/mol. The van der Waals surface area contributed by atoms with Crippen LogP contribution in [-0.4, -0.2) is 60.0 Å². The van der Waals surface area contributed by atoms with E-state index in [9.17, 15) is 15.2 Å². The maximum Gasteiger partial charge on any atom is 0.353 e. The van der Waals surface area contributed by atoms with E-state index in [1.807, 2.05) is 6.92 Å². The number of methoxy groups -OCH3 is 1. The first-order valence-corrected chi connectivity index (χ1v) is 6.12. The first-order chi connectivity index (χ1) is 9.51. The van der Waals surface area contributed by atoms with Gasteiger partial charge in [0.2, 0.25) is 11.6 Å². The molecule has 1 aromatic rings. The Kier molecular flexibility index (Phi) is 6.07. The van der Waals surface area contributed by atoms with Gasteiger partial charge in [0, 0.05) is 27.2 Å². The molecule has 0 aromatic carbocycles. The zero-order chi connectivity index (χ0) is 15.1. The number of anilines is 2. The lowest BCUT2D eigenvalue weighted by molar-refractivity contribution is -0.383. The molecule has 1 atom stereocenters. The number of aromatic nitrogens is 2. The number of likely N-dealkylation sites (N-methyl/N-ethyl adjacent to an activating group) is 1. The van der Waals surface area contributed by atoms with Gasteiger partial charge in [0.25, 0.3) is 0 Å². The van der Waals surface area contributed by atoms with Crippen molar-refractivity contribution in [1.29, 1.82) is 0 Å². The molecular formula is C11H19N5O4. The summed E-state index contributed by atoms with van der Waals surface area (Å²) < 4.78 is 4.82. The quantitative estimate of drug-likeness (QED) is 0.516. The van der Waals surface area contributed by atoms with Gasteiger partial charge >= 0.3 is 5.69 Å². The first kappa shape index (κ1) is 16.1. The molecule has 0 saturated heterocycles. The maximum absolute atomic E-state index is 11.2. The number of ether oxygens (including phenoxy) is 1. The summed E-state index contributed by atoms with van der Waals surface area (Å²) in [6.45, 7) is 2.63. The van der Waals surface area contributed by atoms with Gasteiger partial charge in [-0.25, -0.2) is 9.97 Å². The summed E-state index contributed by atoms with van der Waals surface area (Å²) in [5, 5.41) is 23.7. The molecule has 0 amide bonds. The van der Waals surface area contributed by atoms with Crippen molar-refractivity contribution in [2.45, 2.75) is 13.0 Å². The molecule has 0 radical (unpaired) electrons. The van der Waals surface area contributed by atoms with Gasteiger partial charge < -0.3 is 20.1 Å². The molecule has 1 unspecified atom stereocenters. The number of aliphatic hydroxyl groups is 1. The standard InChI is InChI=1S/C11H19N5O4/c1-4-12-10-9(16(18)19)11(14-7-13-10)15(2)5-8(17)6-20-3/h7-8,17H,4-6H2,1-3H3,(H,12,13,14). The van der Waals surface area contributed by atoms with E-state index in [4.69, 9.17) is 4.74 Å². The molecule has 1 aromatic heterocycles. The number of aliphatic hydroxyl groups excluding tert-OH is 1. The van der Waals surface area contributed by atoms with Crippen molar-refractivity contribution in [2.24, 2.45) is 0 Å². The molecule has 9 heteroatoms. The van der Waals surface area contributed by atoms with Crippen LogP contribution in [0.25, 0.3) is 0 Å². The van der Waals surface area contributed by atoms with E-state index >= 15 is 0 Å². The molecule has 0 fully saturated rings. The maximum atomic E-state index is 11.2. The zero-order valence-electron chi connectivity index (χ0n) is 11.7. The lowest BCUT2D eigenvalue weighted by atomic mass is 10.3. The van der Waals surface area contributed by atoms with Crippen LogP contribution in [0.5, 0.6) is 0 Å². The van der Waals surface area contributed by atoms with Gasteiger partial charge in [-0.15, -0.1) is 0 Å². The molecule has 0 bridgehead atoms. The number of nitrogens with one attached hydrogen (secondary N) is 1. The van der Waals surface area contributed by atoms with E-state index in [0.29, 0.717) is 6.54 Å². The summed E-state index contributed by atoms with van der Waals surface area (Å²) in [4.78, 5) is 20.0. The van der Waals surface area contributed by atoms with Gasteiger partial charge in [0.15, 0.2) is 0 Å². The third-order valence-electron chi connectivity index (χ3n) is 2.53. The van der Waals surface area contributed by atoms with Crippen molar-refractivity contribution in [1.82, 2.24) is 9.97 Å². The van der Waals surface area contributed by atoms with E-state index in [2.05, 4.69) is 15.3 Å². The minimum absolute atomic E-state index is 0.142. The minimum Gasteiger partial charge on any atom is -0.389 e. The molecule has 0 aliphatic heterocycles. The van der Waals surface area contributed by atoms with E-state index in [1.54, 1.807) is 7.05 Å². The van der Waals surface area contributed by atoms with Gasteiger partial charge in [-0.3, -0.25) is 10.1 Å². The molecule has 112 valence electrons. The monoisotopic (exact) mass is 285 g/mol. The molecule has 9 nitrogen and oxygen atoms in total. The van der Waals surface area contributed by atoms with Crippen molar-refractivity contribution in [3.8, 4) is 0 Å². The lowest BCUT2D eigenvalue weighted by Crippen LogP contribution is -2.33. The van der Waals surface area contributed by atoms with Gasteiger partial charge in [0.05, 0.1) is 17.6 Å². The molecule has 0 aliphatic carbocycles. The Morgan fingerprint density at radius 1 is 1.60 bits per heavy atom. The Morgan fingerprint density at radius 2 is 2.30 bits per heavy atom. The first-order valence-electron chi connectivity index (χ1n) is 6.12. The molecular weight excluding hydrogens is 266 g/mol. The van der Waals surface area contributed by atoms with Gasteiger partial charge in [0.1, 0.15) is 6.33 Å². The Balaban J connectivity index is 3.03. The van der Waals surface area contributed by atoms with E-state index in [1.165, 1.54) is 18.3 Å². The Morgan fingerprint density at radius 3 is 2.85 bits per heavy atom. The molecule has 0 aliphatic rings. The van der Waals surface area contributed by atoms with Gasteiger partial charge in [-0.05, 0) is 6.92 Å². The second kappa shape index (κ2) is 7.56. The molecule has 2 N–H and O–H groups in total. The van der Waals surface area contributed by atoms with Crippen molar-refractivity contribution in [3.05, 3.63) is 16.4 Å². The highest BCUT2D eigenvalue weighted by Gasteiger charge is 2.26. The summed E-state index contributed by atoms with van der Waals surface area (Å²) in [7, 11) is 3.09. The summed E-state index contributed by atoms with van der Waals surface area (Å²) in [6.07, 6.45) is 0.488. The van der Waals surface area contributed by atoms with Crippen LogP contribution in [0.15, 0.2) is 6.33 Å². The summed E-state index contributed by atoms with van der Waals surface area (Å²) >= 11 is 0. The van der Waals surface area contributed by atoms with Crippen LogP contribution in [0.3, 0.4) is 0 Å². The molecule has 1 rings (SSSR count). The molecule has 0 spiro atoms. The Bertz CT molecular complexity index is 456. The molecule has 0 saturated carbocycles. The fraction of sp³-hybridized carbons (Fsp3) is 0.636. The Labute approximate surface area is 116 Å². The second-order valence-electron chi connectivity index (χ2n) is 4.17. The van der Waals surface area contributed by atoms with Crippen LogP contribution >= 0.6 is 0 Å². The summed E-state index contributed by atoms with van der Waals surface area (Å²) in [6, 6.07) is 0. The topological polar surface area (TPSA) is 114 Å². The number of hydrogen-bond donors (Lipinski definition) is 2. The number of hydrogen-bond acceptors (Lipinski definition) is 8. The van der Waals surface area contributed by atoms with Crippen molar-refractivity contribution < 1.29 is 14.8 Å². The number of nitrogens with zero attached hydrogens (tertiary/aromatic N) is 4. The molecule has 20 heavy (non-hydrogen) atoms. The third kappa shape index (κ3) is 4.00. The van der Waals surface area contributed by atoms with Crippen molar-refractivity contribution in [3.63, 3.8) is 0 Å². The highest BCUT2D eigenvalue weighted by atomic mass is 16.6. The smallest absolute Gasteiger partial charge is 0.353 e. The van der Waals surface area contributed by atoms with E-state index < -0.39 is 11.0 Å².